The summed E-state index contributed by atoms with van der Waals surface area (Å²) in [5, 5.41) is 3.50. The van der Waals surface area contributed by atoms with E-state index in [2.05, 4.69) is 201 Å². The van der Waals surface area contributed by atoms with Gasteiger partial charge in [0.15, 0.2) is 17.5 Å². The minimum atomic E-state index is -0.601. The van der Waals surface area contributed by atoms with Crippen LogP contribution < -0.4 is 0 Å². The van der Waals surface area contributed by atoms with Crippen molar-refractivity contribution < 1.29 is 0 Å². The van der Waals surface area contributed by atoms with Crippen molar-refractivity contribution in [2.24, 2.45) is 0 Å². The average molecular weight is 829 g/mol. The predicted molar refractivity (Wildman–Crippen MR) is 265 cm³/mol. The second kappa shape index (κ2) is 14.6. The number of fused-ring (bicyclic) bond motifs is 12. The summed E-state index contributed by atoms with van der Waals surface area (Å²) in [7, 11) is 0. The van der Waals surface area contributed by atoms with Crippen LogP contribution in [0, 0.1) is 6.92 Å². The Morgan fingerprint density at radius 2 is 1.02 bits per heavy atom. The van der Waals surface area contributed by atoms with Gasteiger partial charge in [0.05, 0.1) is 16.6 Å². The van der Waals surface area contributed by atoms with Gasteiger partial charge in [0, 0.05) is 33.2 Å². The van der Waals surface area contributed by atoms with Crippen LogP contribution in [0.25, 0.3) is 89.4 Å². The van der Waals surface area contributed by atoms with Crippen LogP contribution in [0.3, 0.4) is 0 Å². The maximum absolute atomic E-state index is 5.47. The minimum Gasteiger partial charge on any atom is -0.247 e. The molecule has 4 nitrogen and oxygen atoms in total. The number of hydrogen-bond acceptors (Lipinski definition) is 4. The Hall–Kier alpha value is -8.34. The molecular weight excluding hydrogens is 789 g/mol. The van der Waals surface area contributed by atoms with E-state index in [4.69, 9.17) is 19.9 Å². The van der Waals surface area contributed by atoms with Crippen LogP contribution in [0.5, 0.6) is 0 Å². The van der Waals surface area contributed by atoms with Crippen molar-refractivity contribution in [3.05, 3.63) is 251 Å². The quantitative estimate of drug-likeness (QED) is 0.173. The molecule has 11 aromatic rings. The van der Waals surface area contributed by atoms with Crippen molar-refractivity contribution >= 4 is 21.7 Å². The Labute approximate surface area is 377 Å². The van der Waals surface area contributed by atoms with Gasteiger partial charge in [-0.1, -0.05) is 194 Å². The van der Waals surface area contributed by atoms with Gasteiger partial charge in [0.1, 0.15) is 0 Å². The molecule has 65 heavy (non-hydrogen) atoms. The number of benzene rings is 9. The third-order valence-electron chi connectivity index (χ3n) is 13.6. The van der Waals surface area contributed by atoms with Gasteiger partial charge < -0.3 is 0 Å². The van der Waals surface area contributed by atoms with E-state index in [-0.39, 0.29) is 0 Å². The molecular formula is C61H40N4. The molecule has 0 saturated carbocycles. The van der Waals surface area contributed by atoms with Gasteiger partial charge in [-0.2, -0.15) is 0 Å². The van der Waals surface area contributed by atoms with Gasteiger partial charge >= 0.3 is 0 Å². The number of pyridine rings is 1. The number of nitrogens with zero attached hydrogens (tertiary/aromatic N) is 4. The zero-order chi connectivity index (χ0) is 43.1. The highest BCUT2D eigenvalue weighted by Crippen LogP contribution is 2.62. The van der Waals surface area contributed by atoms with Crippen molar-refractivity contribution in [2.45, 2.75) is 18.8 Å². The number of aromatic nitrogens is 4. The molecule has 0 fully saturated rings. The molecule has 2 aliphatic carbocycles. The molecule has 13 rings (SSSR count). The summed E-state index contributed by atoms with van der Waals surface area (Å²) in [4.78, 5) is 20.9. The summed E-state index contributed by atoms with van der Waals surface area (Å²) < 4.78 is 0. The molecule has 4 heteroatoms. The second-order valence-corrected chi connectivity index (χ2v) is 17.4. The summed E-state index contributed by atoms with van der Waals surface area (Å²) in [6.45, 7) is 2.21. The van der Waals surface area contributed by atoms with E-state index < -0.39 is 5.41 Å². The van der Waals surface area contributed by atoms with Crippen molar-refractivity contribution in [3.8, 4) is 67.7 Å². The molecule has 304 valence electrons. The van der Waals surface area contributed by atoms with Crippen molar-refractivity contribution in [1.29, 1.82) is 0 Å². The van der Waals surface area contributed by atoms with Crippen LogP contribution in [0.1, 0.15) is 38.9 Å². The fraction of sp³-hybridized carbons (Fsp3) is 0.0492. The first-order chi connectivity index (χ1) is 32.1. The van der Waals surface area contributed by atoms with E-state index in [9.17, 15) is 0 Å². The molecule has 1 spiro atoms. The maximum atomic E-state index is 5.47. The summed E-state index contributed by atoms with van der Waals surface area (Å²) >= 11 is 0. The molecule has 0 amide bonds. The lowest BCUT2D eigenvalue weighted by Gasteiger charge is -2.41. The van der Waals surface area contributed by atoms with Crippen molar-refractivity contribution in [3.63, 3.8) is 0 Å². The molecule has 0 saturated heterocycles. The maximum Gasteiger partial charge on any atom is 0.164 e. The third-order valence-corrected chi connectivity index (χ3v) is 13.6. The number of hydrogen-bond donors (Lipinski definition) is 0. The van der Waals surface area contributed by atoms with E-state index in [1.807, 2.05) is 18.2 Å². The largest absolute Gasteiger partial charge is 0.247 e. The molecule has 1 unspecified atom stereocenters. The molecule has 0 N–H and O–H groups in total. The van der Waals surface area contributed by atoms with Gasteiger partial charge in [-0.3, -0.25) is 0 Å². The predicted octanol–water partition coefficient (Wildman–Crippen LogP) is 14.5. The highest BCUT2D eigenvalue weighted by Gasteiger charge is 2.52. The molecule has 0 radical (unpaired) electrons. The lowest BCUT2D eigenvalue weighted by atomic mass is 9.60. The third kappa shape index (κ3) is 5.84. The standard InChI is InChI=1S/C61H40N4/c1-38-27-32-51-48(33-38)36-45-30-29-44(37-53(45)61(51)52-25-12-10-23-49(52)55-56(61)50-24-11-13-26-54(50)62-57(55)40-16-4-2-5-17-40)43-21-14-22-46(35-43)59-63-58(41-18-6-3-7-19-41)64-60(65-59)47-31-28-39-15-8-9-20-42(39)34-47/h2-35,37H,36H2,1H3. The lowest BCUT2D eigenvalue weighted by Crippen LogP contribution is -2.34. The SMILES string of the molecule is Cc1ccc2c(c1)Cc1ccc(-c3cccc(-c4nc(-c5ccccc5)nc(-c5ccc6ccccc6c5)n4)c3)cc1C21c2ccccc2-c2c(-c3ccccc3)nc3ccccc3c21. The van der Waals surface area contributed by atoms with Gasteiger partial charge in [0.2, 0.25) is 0 Å². The molecule has 2 heterocycles. The van der Waals surface area contributed by atoms with Crippen molar-refractivity contribution in [1.82, 2.24) is 19.9 Å². The van der Waals surface area contributed by atoms with Gasteiger partial charge in [-0.05, 0) is 98.5 Å². The van der Waals surface area contributed by atoms with E-state index in [0.717, 1.165) is 56.4 Å². The molecule has 1 atom stereocenters. The molecule has 2 aliphatic rings. The normalized spacial score (nSPS) is 14.5. The first-order valence-electron chi connectivity index (χ1n) is 22.3. The first-order valence-corrected chi connectivity index (χ1v) is 22.3. The second-order valence-electron chi connectivity index (χ2n) is 17.4. The Bertz CT molecular complexity index is 3710. The smallest absolute Gasteiger partial charge is 0.164 e. The van der Waals surface area contributed by atoms with Crippen LogP contribution in [0.2, 0.25) is 0 Å². The van der Waals surface area contributed by atoms with E-state index in [0.29, 0.717) is 17.5 Å². The number of rotatable bonds is 5. The zero-order valence-corrected chi connectivity index (χ0v) is 35.7. The average Bonchev–Trinajstić information content (AvgIpc) is 3.67. The molecule has 0 aliphatic heterocycles. The fourth-order valence-electron chi connectivity index (χ4n) is 10.8. The Kier molecular flexibility index (Phi) is 8.37. The zero-order valence-electron chi connectivity index (χ0n) is 35.7. The lowest BCUT2D eigenvalue weighted by molar-refractivity contribution is 0.727. The van der Waals surface area contributed by atoms with E-state index in [1.54, 1.807) is 0 Å². The minimum absolute atomic E-state index is 0.601. The van der Waals surface area contributed by atoms with Gasteiger partial charge in [-0.25, -0.2) is 19.9 Å². The molecule has 9 aromatic carbocycles. The molecule has 2 aromatic heterocycles. The van der Waals surface area contributed by atoms with E-state index >= 15 is 0 Å². The molecule has 0 bridgehead atoms. The number of aryl methyl sites for hydroxylation is 1. The summed E-state index contributed by atoms with van der Waals surface area (Å²) in [5.41, 5.74) is 19.2. The Morgan fingerprint density at radius 3 is 1.85 bits per heavy atom. The first kappa shape index (κ1) is 37.2. The van der Waals surface area contributed by atoms with Crippen LogP contribution in [0.4, 0.5) is 0 Å². The van der Waals surface area contributed by atoms with Gasteiger partial charge in [0.25, 0.3) is 0 Å². The highest BCUT2D eigenvalue weighted by molar-refractivity contribution is 6.04. The van der Waals surface area contributed by atoms with Crippen LogP contribution in [0.15, 0.2) is 212 Å². The van der Waals surface area contributed by atoms with Crippen LogP contribution in [-0.2, 0) is 11.8 Å². The number of para-hydroxylation sites is 1. The highest BCUT2D eigenvalue weighted by atomic mass is 15.0. The van der Waals surface area contributed by atoms with Crippen LogP contribution in [-0.4, -0.2) is 19.9 Å². The Balaban J connectivity index is 1.03. The van der Waals surface area contributed by atoms with Crippen molar-refractivity contribution in [2.75, 3.05) is 0 Å². The van der Waals surface area contributed by atoms with Gasteiger partial charge in [-0.15, -0.1) is 0 Å². The topological polar surface area (TPSA) is 51.6 Å². The van der Waals surface area contributed by atoms with E-state index in [1.165, 1.54) is 60.8 Å². The monoisotopic (exact) mass is 828 g/mol. The van der Waals surface area contributed by atoms with Crippen LogP contribution >= 0.6 is 0 Å². The Morgan fingerprint density at radius 1 is 0.385 bits per heavy atom. The summed E-state index contributed by atoms with van der Waals surface area (Å²) in [5.74, 6) is 1.92. The fourth-order valence-corrected chi connectivity index (χ4v) is 10.8. The summed E-state index contributed by atoms with van der Waals surface area (Å²) in [6.07, 6.45) is 0.852. The summed E-state index contributed by atoms with van der Waals surface area (Å²) in [6, 6.07) is 76.5.